The van der Waals surface area contributed by atoms with Crippen LogP contribution in [-0.2, 0) is 15.6 Å². The Morgan fingerprint density at radius 1 is 1.33 bits per heavy atom. The molecule has 0 heterocycles. The Bertz CT molecular complexity index is 519. The van der Waals surface area contributed by atoms with Gasteiger partial charge < -0.3 is 10.5 Å². The molecule has 0 radical (unpaired) electrons. The van der Waals surface area contributed by atoms with Gasteiger partial charge in [-0.1, -0.05) is 18.9 Å². The molecule has 1 saturated carbocycles. The molecule has 1 aliphatic carbocycles. The van der Waals surface area contributed by atoms with E-state index >= 15 is 0 Å². The minimum atomic E-state index is -3.08. The molecule has 1 aromatic rings. The average molecular weight is 269 g/mol. The van der Waals surface area contributed by atoms with E-state index in [1.165, 1.54) is 7.11 Å². The highest BCUT2D eigenvalue weighted by Gasteiger charge is 2.29. The zero-order valence-electron chi connectivity index (χ0n) is 10.6. The lowest BCUT2D eigenvalue weighted by Crippen LogP contribution is -2.19. The Kier molecular flexibility index (Phi) is 3.80. The van der Waals surface area contributed by atoms with Gasteiger partial charge in [0.2, 0.25) is 0 Å². The number of anilines is 1. The summed E-state index contributed by atoms with van der Waals surface area (Å²) >= 11 is 0. The Hall–Kier alpha value is -1.23. The maximum Gasteiger partial charge on any atom is 0.157 e. The van der Waals surface area contributed by atoms with Crippen LogP contribution in [-0.4, -0.2) is 20.8 Å². The zero-order valence-corrected chi connectivity index (χ0v) is 11.4. The van der Waals surface area contributed by atoms with Gasteiger partial charge in [0, 0.05) is 17.3 Å². The molecule has 0 bridgehead atoms. The first-order valence-electron chi connectivity index (χ1n) is 6.17. The number of ether oxygens (including phenoxy) is 1. The lowest BCUT2D eigenvalue weighted by atomic mass is 10.2. The first-order chi connectivity index (χ1) is 8.53. The van der Waals surface area contributed by atoms with Gasteiger partial charge in [0.05, 0.1) is 18.1 Å². The molecule has 0 aromatic heterocycles. The summed E-state index contributed by atoms with van der Waals surface area (Å²) in [7, 11) is -1.55. The second kappa shape index (κ2) is 5.18. The lowest BCUT2D eigenvalue weighted by Gasteiger charge is -2.13. The first-order valence-corrected chi connectivity index (χ1v) is 7.88. The van der Waals surface area contributed by atoms with Gasteiger partial charge in [0.25, 0.3) is 0 Å². The Balaban J connectivity index is 2.23. The van der Waals surface area contributed by atoms with Gasteiger partial charge in [-0.25, -0.2) is 8.42 Å². The third-order valence-corrected chi connectivity index (χ3v) is 5.68. The van der Waals surface area contributed by atoms with E-state index in [9.17, 15) is 8.42 Å². The maximum absolute atomic E-state index is 12.3. The molecule has 0 saturated heterocycles. The highest BCUT2D eigenvalue weighted by molar-refractivity contribution is 7.91. The van der Waals surface area contributed by atoms with Crippen molar-refractivity contribution in [2.45, 2.75) is 36.7 Å². The van der Waals surface area contributed by atoms with Crippen LogP contribution in [0.25, 0.3) is 0 Å². The Labute approximate surface area is 108 Å². The molecule has 2 rings (SSSR count). The summed E-state index contributed by atoms with van der Waals surface area (Å²) < 4.78 is 29.7. The quantitative estimate of drug-likeness (QED) is 0.850. The van der Waals surface area contributed by atoms with Crippen molar-refractivity contribution < 1.29 is 13.2 Å². The first kappa shape index (κ1) is 13.2. The summed E-state index contributed by atoms with van der Waals surface area (Å²) in [6.07, 6.45) is 3.62. The highest BCUT2D eigenvalue weighted by Crippen LogP contribution is 2.30. The normalized spacial score (nSPS) is 16.9. The average Bonchev–Trinajstić information content (AvgIpc) is 2.85. The van der Waals surface area contributed by atoms with Gasteiger partial charge in [-0.15, -0.1) is 0 Å². The summed E-state index contributed by atoms with van der Waals surface area (Å²) in [6.45, 7) is 0. The van der Waals surface area contributed by atoms with Crippen molar-refractivity contribution in [3.05, 3.63) is 23.8 Å². The number of hydrogen-bond acceptors (Lipinski definition) is 4. The number of benzene rings is 1. The topological polar surface area (TPSA) is 69.4 Å². The Morgan fingerprint density at radius 2 is 2.00 bits per heavy atom. The summed E-state index contributed by atoms with van der Waals surface area (Å²) in [5.74, 6) is 0.595. The van der Waals surface area contributed by atoms with Crippen molar-refractivity contribution in [2.75, 3.05) is 12.8 Å². The standard InChI is InChI=1S/C13H19NO3S/c1-17-13-8-11(14)7-6-10(13)9-18(15,16)12-4-2-3-5-12/h6-8,12H,2-5,9,14H2,1H3. The minimum Gasteiger partial charge on any atom is -0.496 e. The van der Waals surface area contributed by atoms with Gasteiger partial charge >= 0.3 is 0 Å². The van der Waals surface area contributed by atoms with Crippen LogP contribution >= 0.6 is 0 Å². The van der Waals surface area contributed by atoms with E-state index in [1.54, 1.807) is 18.2 Å². The molecule has 2 N–H and O–H groups in total. The second-order valence-electron chi connectivity index (χ2n) is 4.78. The maximum atomic E-state index is 12.3. The minimum absolute atomic E-state index is 0.0428. The van der Waals surface area contributed by atoms with Gasteiger partial charge in [0.1, 0.15) is 5.75 Å². The predicted molar refractivity (Wildman–Crippen MR) is 72.3 cm³/mol. The van der Waals surface area contributed by atoms with Crippen LogP contribution in [0.15, 0.2) is 18.2 Å². The zero-order chi connectivity index (χ0) is 13.2. The van der Waals surface area contributed by atoms with Crippen LogP contribution in [0, 0.1) is 0 Å². The molecule has 1 fully saturated rings. The SMILES string of the molecule is COc1cc(N)ccc1CS(=O)(=O)C1CCCC1. The molecule has 4 nitrogen and oxygen atoms in total. The monoisotopic (exact) mass is 269 g/mol. The molecule has 0 amide bonds. The van der Waals surface area contributed by atoms with Crippen molar-refractivity contribution in [2.24, 2.45) is 0 Å². The lowest BCUT2D eigenvalue weighted by molar-refractivity contribution is 0.411. The van der Waals surface area contributed by atoms with Gasteiger partial charge in [-0.2, -0.15) is 0 Å². The van der Waals surface area contributed by atoms with Gasteiger partial charge in [-0.3, -0.25) is 0 Å². The van der Waals surface area contributed by atoms with Crippen molar-refractivity contribution >= 4 is 15.5 Å². The fourth-order valence-electron chi connectivity index (χ4n) is 2.46. The summed E-state index contributed by atoms with van der Waals surface area (Å²) in [5, 5.41) is -0.181. The second-order valence-corrected chi connectivity index (χ2v) is 7.07. The van der Waals surface area contributed by atoms with E-state index in [0.29, 0.717) is 17.0 Å². The van der Waals surface area contributed by atoms with Gasteiger partial charge in [0.15, 0.2) is 9.84 Å². The van der Waals surface area contributed by atoms with Crippen molar-refractivity contribution in [3.63, 3.8) is 0 Å². The van der Waals surface area contributed by atoms with Crippen LogP contribution in [0.5, 0.6) is 5.75 Å². The number of rotatable bonds is 4. The number of nitrogens with two attached hydrogens (primary N) is 1. The fourth-order valence-corrected chi connectivity index (χ4v) is 4.42. The molecule has 0 unspecified atom stereocenters. The third-order valence-electron chi connectivity index (χ3n) is 3.48. The number of hydrogen-bond donors (Lipinski definition) is 1. The molecule has 100 valence electrons. The molecule has 0 spiro atoms. The van der Waals surface area contributed by atoms with E-state index in [1.807, 2.05) is 0 Å². The Morgan fingerprint density at radius 3 is 2.61 bits per heavy atom. The van der Waals surface area contributed by atoms with E-state index in [0.717, 1.165) is 25.7 Å². The molecule has 18 heavy (non-hydrogen) atoms. The number of methoxy groups -OCH3 is 1. The van der Waals surface area contributed by atoms with E-state index in [2.05, 4.69) is 0 Å². The van der Waals surface area contributed by atoms with Crippen molar-refractivity contribution in [1.82, 2.24) is 0 Å². The van der Waals surface area contributed by atoms with E-state index in [4.69, 9.17) is 10.5 Å². The molecule has 1 aliphatic rings. The van der Waals surface area contributed by atoms with E-state index in [-0.39, 0.29) is 11.0 Å². The highest BCUT2D eigenvalue weighted by atomic mass is 32.2. The summed E-state index contributed by atoms with van der Waals surface area (Å²) in [6, 6.07) is 5.11. The number of nitrogen functional groups attached to an aromatic ring is 1. The molecule has 1 aromatic carbocycles. The summed E-state index contributed by atoms with van der Waals surface area (Å²) in [4.78, 5) is 0. The fraction of sp³-hybridized carbons (Fsp3) is 0.538. The van der Waals surface area contributed by atoms with Crippen LogP contribution < -0.4 is 10.5 Å². The van der Waals surface area contributed by atoms with Crippen LogP contribution in [0.4, 0.5) is 5.69 Å². The predicted octanol–water partition coefficient (Wildman–Crippen LogP) is 2.13. The largest absolute Gasteiger partial charge is 0.496 e. The van der Waals surface area contributed by atoms with Crippen molar-refractivity contribution in [3.8, 4) is 5.75 Å². The number of sulfone groups is 1. The molecular formula is C13H19NO3S. The molecular weight excluding hydrogens is 250 g/mol. The molecule has 5 heteroatoms. The van der Waals surface area contributed by atoms with Crippen molar-refractivity contribution in [1.29, 1.82) is 0 Å². The van der Waals surface area contributed by atoms with Crippen LogP contribution in [0.3, 0.4) is 0 Å². The van der Waals surface area contributed by atoms with Gasteiger partial charge in [-0.05, 0) is 18.9 Å². The smallest absolute Gasteiger partial charge is 0.157 e. The van der Waals surface area contributed by atoms with Crippen LogP contribution in [0.2, 0.25) is 0 Å². The van der Waals surface area contributed by atoms with E-state index < -0.39 is 9.84 Å². The molecule has 0 aliphatic heterocycles. The third kappa shape index (κ3) is 2.77. The molecule has 0 atom stereocenters. The summed E-state index contributed by atoms with van der Waals surface area (Å²) in [5.41, 5.74) is 6.93. The van der Waals surface area contributed by atoms with Crippen LogP contribution in [0.1, 0.15) is 31.2 Å².